The van der Waals surface area contributed by atoms with Gasteiger partial charge in [-0.3, -0.25) is 0 Å². The lowest BCUT2D eigenvalue weighted by molar-refractivity contribution is -0.00257. The van der Waals surface area contributed by atoms with Gasteiger partial charge >= 0.3 is 0 Å². The standard InChI is InChI=1S/C19H23NO5S/c1-14-12-17(8-9-18(14)24-3)26(21,22)20-10-11-25-19(13-20)15-4-6-16(23-2)7-5-15/h4-9,12,19H,10-11,13H2,1-3H3. The first-order valence-corrected chi connectivity index (χ1v) is 9.80. The molecule has 0 aliphatic carbocycles. The molecule has 0 spiro atoms. The highest BCUT2D eigenvalue weighted by Crippen LogP contribution is 2.29. The van der Waals surface area contributed by atoms with E-state index in [-0.39, 0.29) is 17.5 Å². The van der Waals surface area contributed by atoms with E-state index in [0.717, 1.165) is 16.9 Å². The normalized spacial score (nSPS) is 18.5. The molecular formula is C19H23NO5S. The third-order valence-corrected chi connectivity index (χ3v) is 6.38. The smallest absolute Gasteiger partial charge is 0.243 e. The highest BCUT2D eigenvalue weighted by molar-refractivity contribution is 7.89. The Morgan fingerprint density at radius 1 is 1.08 bits per heavy atom. The molecule has 3 rings (SSSR count). The van der Waals surface area contributed by atoms with E-state index in [1.807, 2.05) is 31.2 Å². The van der Waals surface area contributed by atoms with Crippen molar-refractivity contribution in [2.45, 2.75) is 17.9 Å². The predicted molar refractivity (Wildman–Crippen MR) is 98.2 cm³/mol. The molecule has 2 aromatic carbocycles. The van der Waals surface area contributed by atoms with Gasteiger partial charge in [-0.25, -0.2) is 8.42 Å². The summed E-state index contributed by atoms with van der Waals surface area (Å²) in [5.74, 6) is 1.42. The maximum absolute atomic E-state index is 13.0. The summed E-state index contributed by atoms with van der Waals surface area (Å²) in [5.41, 5.74) is 1.71. The Hall–Kier alpha value is -2.09. The van der Waals surface area contributed by atoms with Gasteiger partial charge in [0.15, 0.2) is 0 Å². The zero-order valence-corrected chi connectivity index (χ0v) is 16.0. The average Bonchev–Trinajstić information content (AvgIpc) is 2.68. The van der Waals surface area contributed by atoms with Crippen molar-refractivity contribution in [2.24, 2.45) is 0 Å². The Bertz CT molecular complexity index is 864. The highest BCUT2D eigenvalue weighted by Gasteiger charge is 2.31. The number of rotatable bonds is 5. The molecule has 0 aromatic heterocycles. The van der Waals surface area contributed by atoms with Crippen LogP contribution in [-0.4, -0.2) is 46.6 Å². The van der Waals surface area contributed by atoms with Crippen LogP contribution in [0.3, 0.4) is 0 Å². The summed E-state index contributed by atoms with van der Waals surface area (Å²) in [6.45, 7) is 2.79. The van der Waals surface area contributed by atoms with Gasteiger partial charge in [-0.15, -0.1) is 0 Å². The zero-order chi connectivity index (χ0) is 18.7. The molecule has 0 saturated carbocycles. The molecule has 140 valence electrons. The minimum Gasteiger partial charge on any atom is -0.497 e. The van der Waals surface area contributed by atoms with Gasteiger partial charge in [-0.05, 0) is 48.4 Å². The van der Waals surface area contributed by atoms with Gasteiger partial charge in [0.05, 0.1) is 31.8 Å². The van der Waals surface area contributed by atoms with Gasteiger partial charge in [-0.1, -0.05) is 12.1 Å². The molecule has 1 aliphatic rings. The first kappa shape index (κ1) is 18.7. The van der Waals surface area contributed by atoms with E-state index in [1.165, 1.54) is 4.31 Å². The minimum absolute atomic E-state index is 0.270. The maximum Gasteiger partial charge on any atom is 0.243 e. The second-order valence-corrected chi connectivity index (χ2v) is 8.07. The summed E-state index contributed by atoms with van der Waals surface area (Å²) >= 11 is 0. The molecule has 1 fully saturated rings. The van der Waals surface area contributed by atoms with Gasteiger partial charge in [-0.2, -0.15) is 4.31 Å². The second-order valence-electron chi connectivity index (χ2n) is 6.13. The Balaban J connectivity index is 1.82. The fourth-order valence-corrected chi connectivity index (χ4v) is 4.54. The molecule has 1 atom stereocenters. The molecule has 0 N–H and O–H groups in total. The average molecular weight is 377 g/mol. The fourth-order valence-electron chi connectivity index (χ4n) is 3.02. The summed E-state index contributed by atoms with van der Waals surface area (Å²) < 4.78 is 43.7. The summed E-state index contributed by atoms with van der Waals surface area (Å²) in [6, 6.07) is 12.4. The number of benzene rings is 2. The largest absolute Gasteiger partial charge is 0.497 e. The van der Waals surface area contributed by atoms with Gasteiger partial charge in [0, 0.05) is 13.1 Å². The molecule has 6 nitrogen and oxygen atoms in total. The monoisotopic (exact) mass is 377 g/mol. The second kappa shape index (κ2) is 7.65. The molecule has 1 heterocycles. The van der Waals surface area contributed by atoms with E-state index in [4.69, 9.17) is 14.2 Å². The van der Waals surface area contributed by atoms with Gasteiger partial charge in [0.25, 0.3) is 0 Å². The van der Waals surface area contributed by atoms with E-state index in [9.17, 15) is 8.42 Å². The summed E-state index contributed by atoms with van der Waals surface area (Å²) in [4.78, 5) is 0.270. The van der Waals surface area contributed by atoms with Gasteiger partial charge in [0.1, 0.15) is 11.5 Å². The van der Waals surface area contributed by atoms with E-state index < -0.39 is 10.0 Å². The molecule has 0 amide bonds. The topological polar surface area (TPSA) is 65.1 Å². The van der Waals surface area contributed by atoms with Crippen molar-refractivity contribution in [1.82, 2.24) is 4.31 Å². The van der Waals surface area contributed by atoms with E-state index in [2.05, 4.69) is 0 Å². The van der Waals surface area contributed by atoms with E-state index in [0.29, 0.717) is 18.9 Å². The maximum atomic E-state index is 13.0. The first-order valence-electron chi connectivity index (χ1n) is 8.36. The lowest BCUT2D eigenvalue weighted by atomic mass is 10.1. The quantitative estimate of drug-likeness (QED) is 0.802. The third-order valence-electron chi connectivity index (χ3n) is 4.52. The van der Waals surface area contributed by atoms with Crippen molar-refractivity contribution in [3.8, 4) is 11.5 Å². The minimum atomic E-state index is -3.59. The van der Waals surface area contributed by atoms with Crippen LogP contribution < -0.4 is 9.47 Å². The van der Waals surface area contributed by atoms with Crippen LogP contribution in [0.2, 0.25) is 0 Å². The summed E-state index contributed by atoms with van der Waals surface area (Å²) in [6.07, 6.45) is -0.302. The van der Waals surface area contributed by atoms with Crippen molar-refractivity contribution in [3.63, 3.8) is 0 Å². The summed E-state index contributed by atoms with van der Waals surface area (Å²) in [7, 11) is -0.414. The number of sulfonamides is 1. The van der Waals surface area contributed by atoms with Crippen molar-refractivity contribution < 1.29 is 22.6 Å². The number of methoxy groups -OCH3 is 2. The number of nitrogens with zero attached hydrogens (tertiary/aromatic N) is 1. The van der Waals surface area contributed by atoms with Crippen LogP contribution in [0.1, 0.15) is 17.2 Å². The molecule has 1 saturated heterocycles. The van der Waals surface area contributed by atoms with Crippen molar-refractivity contribution >= 4 is 10.0 Å². The fraction of sp³-hybridized carbons (Fsp3) is 0.368. The number of hydrogen-bond donors (Lipinski definition) is 0. The van der Waals surface area contributed by atoms with Crippen LogP contribution in [0.15, 0.2) is 47.4 Å². The number of ether oxygens (including phenoxy) is 3. The molecule has 2 aromatic rings. The third kappa shape index (κ3) is 3.70. The Morgan fingerprint density at radius 3 is 2.42 bits per heavy atom. The van der Waals surface area contributed by atoms with Crippen LogP contribution in [0.5, 0.6) is 11.5 Å². The van der Waals surface area contributed by atoms with Crippen LogP contribution >= 0.6 is 0 Å². The molecule has 1 unspecified atom stereocenters. The van der Waals surface area contributed by atoms with E-state index >= 15 is 0 Å². The predicted octanol–water partition coefficient (Wildman–Crippen LogP) is 2.77. The lowest BCUT2D eigenvalue weighted by Crippen LogP contribution is -2.42. The molecule has 26 heavy (non-hydrogen) atoms. The molecular weight excluding hydrogens is 354 g/mol. The van der Waals surface area contributed by atoms with Crippen molar-refractivity contribution in [1.29, 1.82) is 0 Å². The first-order chi connectivity index (χ1) is 12.5. The SMILES string of the molecule is COc1ccc(C2CN(S(=O)(=O)c3ccc(OC)c(C)c3)CCO2)cc1. The molecule has 7 heteroatoms. The number of aryl methyl sites for hydroxylation is 1. The zero-order valence-electron chi connectivity index (χ0n) is 15.1. The van der Waals surface area contributed by atoms with Gasteiger partial charge < -0.3 is 14.2 Å². The Labute approximate surface area is 154 Å². The van der Waals surface area contributed by atoms with Gasteiger partial charge in [0.2, 0.25) is 10.0 Å². The lowest BCUT2D eigenvalue weighted by Gasteiger charge is -2.32. The molecule has 1 aliphatic heterocycles. The number of morpholine rings is 1. The highest BCUT2D eigenvalue weighted by atomic mass is 32.2. The number of hydrogen-bond acceptors (Lipinski definition) is 5. The van der Waals surface area contributed by atoms with Crippen LogP contribution in [-0.2, 0) is 14.8 Å². The molecule has 0 radical (unpaired) electrons. The van der Waals surface area contributed by atoms with Crippen molar-refractivity contribution in [3.05, 3.63) is 53.6 Å². The summed E-state index contributed by atoms with van der Waals surface area (Å²) in [5, 5.41) is 0. The van der Waals surface area contributed by atoms with E-state index in [1.54, 1.807) is 32.4 Å². The van der Waals surface area contributed by atoms with Crippen LogP contribution in [0.4, 0.5) is 0 Å². The van der Waals surface area contributed by atoms with Crippen molar-refractivity contribution in [2.75, 3.05) is 33.9 Å². The Kier molecular flexibility index (Phi) is 5.50. The van der Waals surface area contributed by atoms with Crippen LogP contribution in [0, 0.1) is 6.92 Å². The Morgan fingerprint density at radius 2 is 1.81 bits per heavy atom. The van der Waals surface area contributed by atoms with Crippen LogP contribution in [0.25, 0.3) is 0 Å². The molecule has 0 bridgehead atoms.